The van der Waals surface area contributed by atoms with Gasteiger partial charge in [-0.1, -0.05) is 0 Å². The minimum absolute atomic E-state index is 0. The summed E-state index contributed by atoms with van der Waals surface area (Å²) in [6, 6.07) is 4.81. The van der Waals surface area contributed by atoms with Gasteiger partial charge in [-0.15, -0.1) is 24.0 Å². The van der Waals surface area contributed by atoms with E-state index < -0.39 is 0 Å². The van der Waals surface area contributed by atoms with Crippen LogP contribution in [0.2, 0.25) is 0 Å². The first-order valence-corrected chi connectivity index (χ1v) is 8.15. The number of nitrogens with zero attached hydrogens (tertiary/aromatic N) is 1. The third-order valence-electron chi connectivity index (χ3n) is 4.02. The van der Waals surface area contributed by atoms with Crippen molar-refractivity contribution >= 4 is 40.8 Å². The maximum absolute atomic E-state index is 13.2. The van der Waals surface area contributed by atoms with E-state index in [1.165, 1.54) is 12.1 Å². The Hall–Kier alpha value is -1.39. The van der Waals surface area contributed by atoms with Gasteiger partial charge in [0.1, 0.15) is 5.82 Å². The lowest BCUT2D eigenvalue weighted by Crippen LogP contribution is -2.45. The van der Waals surface area contributed by atoms with E-state index in [4.69, 9.17) is 9.47 Å². The van der Waals surface area contributed by atoms with Crippen LogP contribution in [0.1, 0.15) is 5.56 Å². The molecule has 1 aliphatic heterocycles. The van der Waals surface area contributed by atoms with Crippen LogP contribution in [0.15, 0.2) is 29.4 Å². The Kier molecular flexibility index (Phi) is 7.91. The number of benzene rings is 1. The van der Waals surface area contributed by atoms with Crippen molar-refractivity contribution in [1.82, 2.24) is 15.6 Å². The molecule has 1 fully saturated rings. The zero-order valence-corrected chi connectivity index (χ0v) is 16.5. The summed E-state index contributed by atoms with van der Waals surface area (Å²) in [4.78, 5) is 7.31. The molecule has 6 nitrogen and oxygen atoms in total. The van der Waals surface area contributed by atoms with Gasteiger partial charge in [-0.3, -0.25) is 4.99 Å². The Labute approximate surface area is 163 Å². The highest BCUT2D eigenvalue weighted by molar-refractivity contribution is 14.0. The van der Waals surface area contributed by atoms with Crippen LogP contribution in [0, 0.1) is 5.82 Å². The predicted molar refractivity (Wildman–Crippen MR) is 107 cm³/mol. The van der Waals surface area contributed by atoms with Crippen molar-refractivity contribution < 1.29 is 13.9 Å². The maximum atomic E-state index is 13.2. The van der Waals surface area contributed by atoms with Gasteiger partial charge in [-0.25, -0.2) is 4.39 Å². The molecule has 0 saturated carbocycles. The van der Waals surface area contributed by atoms with E-state index in [-0.39, 0.29) is 35.9 Å². The van der Waals surface area contributed by atoms with Gasteiger partial charge >= 0.3 is 0 Å². The summed E-state index contributed by atoms with van der Waals surface area (Å²) in [7, 11) is 1.74. The smallest absolute Gasteiger partial charge is 0.191 e. The molecular formula is C17H24FIN4O2. The molecule has 0 bridgehead atoms. The minimum atomic E-state index is -0.229. The van der Waals surface area contributed by atoms with Crippen LogP contribution in [-0.2, 0) is 15.9 Å². The van der Waals surface area contributed by atoms with Crippen molar-refractivity contribution in [2.75, 3.05) is 40.0 Å². The van der Waals surface area contributed by atoms with Gasteiger partial charge in [0.2, 0.25) is 0 Å². The van der Waals surface area contributed by atoms with Crippen molar-refractivity contribution in [2.45, 2.75) is 12.5 Å². The molecule has 1 unspecified atom stereocenters. The minimum Gasteiger partial charge on any atom is -0.376 e. The second kappa shape index (κ2) is 9.93. The number of fused-ring (bicyclic) bond motifs is 1. The van der Waals surface area contributed by atoms with Crippen LogP contribution >= 0.6 is 24.0 Å². The van der Waals surface area contributed by atoms with Crippen LogP contribution in [0.4, 0.5) is 4.39 Å². The van der Waals surface area contributed by atoms with Crippen LogP contribution < -0.4 is 10.6 Å². The molecule has 1 aromatic carbocycles. The highest BCUT2D eigenvalue weighted by Crippen LogP contribution is 2.19. The zero-order chi connectivity index (χ0) is 16.8. The van der Waals surface area contributed by atoms with Crippen LogP contribution in [0.25, 0.3) is 10.9 Å². The number of nitrogens with one attached hydrogen (secondary N) is 3. The fourth-order valence-corrected chi connectivity index (χ4v) is 2.77. The largest absolute Gasteiger partial charge is 0.376 e. The fourth-order valence-electron chi connectivity index (χ4n) is 2.77. The summed E-state index contributed by atoms with van der Waals surface area (Å²) in [6.45, 7) is 3.30. The molecule has 1 aliphatic rings. The van der Waals surface area contributed by atoms with Gasteiger partial charge < -0.3 is 25.1 Å². The van der Waals surface area contributed by atoms with E-state index in [1.807, 2.05) is 12.3 Å². The number of halogens is 2. The summed E-state index contributed by atoms with van der Waals surface area (Å²) in [5.74, 6) is 0.502. The van der Waals surface area contributed by atoms with Gasteiger partial charge in [-0.2, -0.15) is 0 Å². The molecule has 0 spiro atoms. The van der Waals surface area contributed by atoms with Gasteiger partial charge in [0.25, 0.3) is 0 Å². The molecule has 1 atom stereocenters. The summed E-state index contributed by atoms with van der Waals surface area (Å²) < 4.78 is 24.2. The van der Waals surface area contributed by atoms with Crippen molar-refractivity contribution in [2.24, 2.45) is 4.99 Å². The third-order valence-corrected chi connectivity index (χ3v) is 4.02. The van der Waals surface area contributed by atoms with Gasteiger partial charge in [0.05, 0.1) is 25.9 Å². The van der Waals surface area contributed by atoms with E-state index in [9.17, 15) is 4.39 Å². The molecule has 3 N–H and O–H groups in total. The summed E-state index contributed by atoms with van der Waals surface area (Å²) in [6.07, 6.45) is 2.80. The molecule has 8 heteroatoms. The Balaban J connectivity index is 0.00000225. The Morgan fingerprint density at radius 1 is 1.36 bits per heavy atom. The van der Waals surface area contributed by atoms with Gasteiger partial charge in [0, 0.05) is 37.2 Å². The van der Waals surface area contributed by atoms with E-state index in [0.717, 1.165) is 35.4 Å². The molecule has 0 aliphatic carbocycles. The quantitative estimate of drug-likeness (QED) is 0.362. The lowest BCUT2D eigenvalue weighted by atomic mass is 10.1. The van der Waals surface area contributed by atoms with Gasteiger partial charge in [0.15, 0.2) is 5.96 Å². The molecular weight excluding hydrogens is 438 g/mol. The molecule has 2 aromatic rings. The molecule has 25 heavy (non-hydrogen) atoms. The van der Waals surface area contributed by atoms with Crippen molar-refractivity contribution in [3.63, 3.8) is 0 Å². The standard InChI is InChI=1S/C17H23FN4O2.HI/c1-19-17(22-10-14-11-23-6-7-24-14)20-5-4-12-9-21-16-8-13(18)2-3-15(12)16;/h2-3,8-9,14,21H,4-7,10-11H2,1H3,(H2,19,20,22);1H. The number of aliphatic imine (C=N–C) groups is 1. The second-order valence-electron chi connectivity index (χ2n) is 5.70. The van der Waals surface area contributed by atoms with E-state index in [2.05, 4.69) is 20.6 Å². The zero-order valence-electron chi connectivity index (χ0n) is 14.2. The fraction of sp³-hybridized carbons (Fsp3) is 0.471. The first kappa shape index (κ1) is 19.9. The molecule has 0 amide bonds. The van der Waals surface area contributed by atoms with E-state index in [1.54, 1.807) is 7.05 Å². The average Bonchev–Trinajstić information content (AvgIpc) is 3.01. The van der Waals surface area contributed by atoms with Crippen molar-refractivity contribution in [1.29, 1.82) is 0 Å². The molecule has 138 valence electrons. The number of aromatic amines is 1. The molecule has 0 radical (unpaired) electrons. The number of ether oxygens (including phenoxy) is 2. The van der Waals surface area contributed by atoms with Crippen LogP contribution in [0.5, 0.6) is 0 Å². The number of hydrogen-bond acceptors (Lipinski definition) is 3. The number of H-pyrrole nitrogens is 1. The first-order valence-electron chi connectivity index (χ1n) is 8.15. The van der Waals surface area contributed by atoms with Crippen molar-refractivity contribution in [3.05, 3.63) is 35.8 Å². The Bertz CT molecular complexity index is 701. The first-order chi connectivity index (χ1) is 11.8. The predicted octanol–water partition coefficient (Wildman–Crippen LogP) is 2.05. The van der Waals surface area contributed by atoms with E-state index in [0.29, 0.717) is 26.4 Å². The summed E-state index contributed by atoms with van der Waals surface area (Å²) in [5.41, 5.74) is 1.97. The maximum Gasteiger partial charge on any atom is 0.191 e. The third kappa shape index (κ3) is 5.55. The molecule has 1 saturated heterocycles. The summed E-state index contributed by atoms with van der Waals surface area (Å²) in [5, 5.41) is 7.57. The van der Waals surface area contributed by atoms with Crippen LogP contribution in [-0.4, -0.2) is 57.0 Å². The van der Waals surface area contributed by atoms with Crippen molar-refractivity contribution in [3.8, 4) is 0 Å². The highest BCUT2D eigenvalue weighted by atomic mass is 127. The second-order valence-corrected chi connectivity index (χ2v) is 5.70. The normalized spacial score (nSPS) is 18.0. The lowest BCUT2D eigenvalue weighted by Gasteiger charge is -2.24. The monoisotopic (exact) mass is 462 g/mol. The highest BCUT2D eigenvalue weighted by Gasteiger charge is 2.14. The number of hydrogen-bond donors (Lipinski definition) is 3. The summed E-state index contributed by atoms with van der Waals surface area (Å²) >= 11 is 0. The molecule has 2 heterocycles. The topological polar surface area (TPSA) is 70.7 Å². The molecule has 1 aromatic heterocycles. The number of aromatic nitrogens is 1. The molecule has 3 rings (SSSR count). The number of rotatable bonds is 5. The number of guanidine groups is 1. The Morgan fingerprint density at radius 3 is 3.00 bits per heavy atom. The van der Waals surface area contributed by atoms with E-state index >= 15 is 0 Å². The van der Waals surface area contributed by atoms with Gasteiger partial charge in [-0.05, 0) is 30.2 Å². The average molecular weight is 462 g/mol. The van der Waals surface area contributed by atoms with Crippen LogP contribution in [0.3, 0.4) is 0 Å². The lowest BCUT2D eigenvalue weighted by molar-refractivity contribution is -0.0850. The SMILES string of the molecule is CN=C(NCCc1c[nH]c2cc(F)ccc12)NCC1COCCO1.I. The Morgan fingerprint density at radius 2 is 2.24 bits per heavy atom.